The Hall–Kier alpha value is -3.47. The van der Waals surface area contributed by atoms with Crippen LogP contribution in [0.4, 0.5) is 4.79 Å². The highest BCUT2D eigenvalue weighted by atomic mass is 16.2. The van der Waals surface area contributed by atoms with Gasteiger partial charge >= 0.3 is 6.03 Å². The molecule has 0 radical (unpaired) electrons. The fraction of sp³-hybridized carbons (Fsp3) is 0.136. The van der Waals surface area contributed by atoms with E-state index in [2.05, 4.69) is 12.0 Å². The first-order valence-electron chi connectivity index (χ1n) is 9.06. The Labute approximate surface area is 157 Å². The van der Waals surface area contributed by atoms with Crippen molar-refractivity contribution in [1.82, 2.24) is 19.6 Å². The van der Waals surface area contributed by atoms with Crippen molar-refractivity contribution in [1.29, 1.82) is 0 Å². The molecule has 0 bridgehead atoms. The van der Waals surface area contributed by atoms with Crippen molar-refractivity contribution in [2.75, 3.05) is 0 Å². The molecule has 0 N–H and O–H groups in total. The van der Waals surface area contributed by atoms with E-state index >= 15 is 0 Å². The lowest BCUT2D eigenvalue weighted by Crippen LogP contribution is -2.22. The Morgan fingerprint density at radius 3 is 2.19 bits per heavy atom. The molecule has 0 amide bonds. The minimum Gasteiger partial charge on any atom is -0.244 e. The van der Waals surface area contributed by atoms with E-state index in [-0.39, 0.29) is 6.03 Å². The molecule has 0 saturated heterocycles. The van der Waals surface area contributed by atoms with Crippen LogP contribution in [0.25, 0.3) is 22.5 Å². The van der Waals surface area contributed by atoms with Crippen LogP contribution in [0.1, 0.15) is 18.9 Å². The second-order valence-electron chi connectivity index (χ2n) is 6.30. The van der Waals surface area contributed by atoms with Gasteiger partial charge in [0.25, 0.3) is 0 Å². The molecule has 2 aromatic carbocycles. The summed E-state index contributed by atoms with van der Waals surface area (Å²) in [6.07, 6.45) is 5.03. The van der Waals surface area contributed by atoms with Crippen molar-refractivity contribution in [3.63, 3.8) is 0 Å². The minimum atomic E-state index is -0.293. The van der Waals surface area contributed by atoms with Crippen LogP contribution < -0.4 is 0 Å². The number of benzene rings is 2. The molecule has 5 heteroatoms. The predicted molar refractivity (Wildman–Crippen MR) is 106 cm³/mol. The first-order chi connectivity index (χ1) is 13.3. The van der Waals surface area contributed by atoms with Crippen LogP contribution in [0.2, 0.25) is 0 Å². The van der Waals surface area contributed by atoms with E-state index in [9.17, 15) is 4.79 Å². The van der Waals surface area contributed by atoms with Gasteiger partial charge in [-0.25, -0.2) is 4.79 Å². The highest BCUT2D eigenvalue weighted by Crippen LogP contribution is 2.33. The number of hydrogen-bond acceptors (Lipinski definition) is 3. The fourth-order valence-electron chi connectivity index (χ4n) is 3.28. The Bertz CT molecular complexity index is 1030. The molecule has 5 nitrogen and oxygen atoms in total. The molecule has 0 unspecified atom stereocenters. The molecule has 0 spiro atoms. The Morgan fingerprint density at radius 2 is 1.59 bits per heavy atom. The summed E-state index contributed by atoms with van der Waals surface area (Å²) in [6, 6.07) is 21.4. The third-order valence-corrected chi connectivity index (χ3v) is 4.46. The van der Waals surface area contributed by atoms with Gasteiger partial charge in [-0.1, -0.05) is 74.0 Å². The van der Waals surface area contributed by atoms with Crippen LogP contribution in [0.3, 0.4) is 0 Å². The van der Waals surface area contributed by atoms with Gasteiger partial charge < -0.3 is 0 Å². The largest absolute Gasteiger partial charge is 0.369 e. The number of rotatable bonds is 4. The zero-order valence-corrected chi connectivity index (χ0v) is 15.1. The summed E-state index contributed by atoms with van der Waals surface area (Å²) < 4.78 is 2.79. The number of carbonyl (C=O) groups excluding carboxylic acids is 1. The summed E-state index contributed by atoms with van der Waals surface area (Å²) in [5.74, 6) is 0. The summed E-state index contributed by atoms with van der Waals surface area (Å²) in [5, 5.41) is 8.83. The highest BCUT2D eigenvalue weighted by Gasteiger charge is 2.24. The molecule has 0 fully saturated rings. The first kappa shape index (κ1) is 17.0. The lowest BCUT2D eigenvalue weighted by atomic mass is 9.98. The first-order valence-corrected chi connectivity index (χ1v) is 9.06. The molecule has 0 atom stereocenters. The Balaban J connectivity index is 1.98. The topological polar surface area (TPSA) is 52.7 Å². The summed E-state index contributed by atoms with van der Waals surface area (Å²) in [5.41, 5.74) is 4.73. The van der Waals surface area contributed by atoms with Crippen molar-refractivity contribution in [3.8, 4) is 22.5 Å². The van der Waals surface area contributed by atoms with Gasteiger partial charge in [-0.15, -0.1) is 0 Å². The van der Waals surface area contributed by atoms with Gasteiger partial charge in [-0.3, -0.25) is 0 Å². The molecule has 4 rings (SSSR count). The van der Waals surface area contributed by atoms with Gasteiger partial charge in [0.1, 0.15) is 0 Å². The van der Waals surface area contributed by atoms with Gasteiger partial charge in [-0.05, 0) is 12.5 Å². The van der Waals surface area contributed by atoms with Crippen LogP contribution in [0.5, 0.6) is 0 Å². The summed E-state index contributed by atoms with van der Waals surface area (Å²) in [4.78, 5) is 13.1. The average Bonchev–Trinajstić information content (AvgIpc) is 3.38. The molecule has 0 aliphatic rings. The number of carbonyl (C=O) groups is 1. The van der Waals surface area contributed by atoms with Crippen LogP contribution in [0, 0.1) is 0 Å². The number of hydrogen-bond donors (Lipinski definition) is 0. The fourth-order valence-corrected chi connectivity index (χ4v) is 3.28. The molecule has 0 aliphatic heterocycles. The molecule has 134 valence electrons. The molecule has 0 aliphatic carbocycles. The number of aromatic nitrogens is 4. The standard InChI is InChI=1S/C22H20N4O/c1-2-10-19-20(17-11-5-3-6-12-17)24-26(22(27)25-16-9-15-23-25)21(19)18-13-7-4-8-14-18/h3-9,11-16H,2,10H2,1H3. The van der Waals surface area contributed by atoms with Gasteiger partial charge in [0.15, 0.2) is 0 Å². The molecular weight excluding hydrogens is 336 g/mol. The van der Waals surface area contributed by atoms with E-state index < -0.39 is 0 Å². The lowest BCUT2D eigenvalue weighted by Gasteiger charge is -2.09. The average molecular weight is 356 g/mol. The Kier molecular flexibility index (Phi) is 4.66. The van der Waals surface area contributed by atoms with Crippen molar-refractivity contribution >= 4 is 6.03 Å². The summed E-state index contributed by atoms with van der Waals surface area (Å²) in [7, 11) is 0. The second kappa shape index (κ2) is 7.41. The van der Waals surface area contributed by atoms with Crippen molar-refractivity contribution < 1.29 is 4.79 Å². The smallest absolute Gasteiger partial charge is 0.244 e. The van der Waals surface area contributed by atoms with Crippen LogP contribution in [-0.4, -0.2) is 25.6 Å². The normalized spacial score (nSPS) is 10.9. The maximum Gasteiger partial charge on any atom is 0.369 e. The van der Waals surface area contributed by atoms with Crippen LogP contribution in [-0.2, 0) is 6.42 Å². The molecule has 2 heterocycles. The van der Waals surface area contributed by atoms with E-state index in [0.29, 0.717) is 0 Å². The summed E-state index contributed by atoms with van der Waals surface area (Å²) in [6.45, 7) is 2.14. The van der Waals surface area contributed by atoms with Crippen LogP contribution >= 0.6 is 0 Å². The molecule has 2 aromatic heterocycles. The van der Waals surface area contributed by atoms with Gasteiger partial charge in [0.2, 0.25) is 0 Å². The second-order valence-corrected chi connectivity index (χ2v) is 6.30. The minimum absolute atomic E-state index is 0.293. The molecule has 27 heavy (non-hydrogen) atoms. The lowest BCUT2D eigenvalue weighted by molar-refractivity contribution is 0.238. The number of nitrogens with zero attached hydrogens (tertiary/aromatic N) is 4. The van der Waals surface area contributed by atoms with E-state index in [1.54, 1.807) is 18.5 Å². The van der Waals surface area contributed by atoms with Crippen molar-refractivity contribution in [3.05, 3.63) is 84.7 Å². The predicted octanol–water partition coefficient (Wildman–Crippen LogP) is 4.88. The van der Waals surface area contributed by atoms with Gasteiger partial charge in [0, 0.05) is 29.1 Å². The van der Waals surface area contributed by atoms with Crippen LogP contribution in [0.15, 0.2) is 79.1 Å². The van der Waals surface area contributed by atoms with E-state index in [4.69, 9.17) is 5.10 Å². The van der Waals surface area contributed by atoms with E-state index in [1.165, 1.54) is 9.36 Å². The van der Waals surface area contributed by atoms with Gasteiger partial charge in [0.05, 0.1) is 11.4 Å². The van der Waals surface area contributed by atoms with E-state index in [1.807, 2.05) is 60.7 Å². The highest BCUT2D eigenvalue weighted by molar-refractivity contribution is 5.87. The quantitative estimate of drug-likeness (QED) is 0.523. The summed E-state index contributed by atoms with van der Waals surface area (Å²) >= 11 is 0. The zero-order valence-electron chi connectivity index (χ0n) is 15.1. The molecular formula is C22H20N4O. The van der Waals surface area contributed by atoms with Gasteiger partial charge in [-0.2, -0.15) is 19.6 Å². The maximum absolute atomic E-state index is 13.1. The van der Waals surface area contributed by atoms with Crippen molar-refractivity contribution in [2.24, 2.45) is 0 Å². The van der Waals surface area contributed by atoms with E-state index in [0.717, 1.165) is 40.9 Å². The molecule has 4 aromatic rings. The van der Waals surface area contributed by atoms with Crippen molar-refractivity contribution in [2.45, 2.75) is 19.8 Å². The monoisotopic (exact) mass is 356 g/mol. The third-order valence-electron chi connectivity index (χ3n) is 4.46. The SMILES string of the molecule is CCCc1c(-c2ccccc2)nn(C(=O)n2cccn2)c1-c1ccccc1. The third kappa shape index (κ3) is 3.19. The maximum atomic E-state index is 13.1. The zero-order chi connectivity index (χ0) is 18.6. The Morgan fingerprint density at radius 1 is 0.926 bits per heavy atom. The molecule has 0 saturated carbocycles.